The molecule has 0 aliphatic rings. The van der Waals surface area contributed by atoms with Crippen molar-refractivity contribution in [1.29, 1.82) is 0 Å². The molecule has 0 unspecified atom stereocenters. The highest BCUT2D eigenvalue weighted by atomic mass is 19.1. The number of fused-ring (bicyclic) bond motifs is 2. The van der Waals surface area contributed by atoms with Gasteiger partial charge >= 0.3 is 0 Å². The molecular weight excluding hydrogens is 366 g/mol. The Morgan fingerprint density at radius 2 is 1.89 bits per heavy atom. The van der Waals surface area contributed by atoms with Crippen LogP contribution < -0.4 is 0 Å². The number of hydrogen-bond acceptors (Lipinski definition) is 5. The van der Waals surface area contributed by atoms with Crippen LogP contribution >= 0.6 is 0 Å². The van der Waals surface area contributed by atoms with Gasteiger partial charge in [-0.15, -0.1) is 0 Å². The summed E-state index contributed by atoms with van der Waals surface area (Å²) in [6.07, 6.45) is 1.38. The fraction of sp³-hybridized carbons (Fsp3) is 0.150. The van der Waals surface area contributed by atoms with Crippen LogP contribution in [-0.2, 0) is 0 Å². The lowest BCUT2D eigenvalue weighted by molar-refractivity contribution is 0.424. The smallest absolute Gasteiger partial charge is 0.208 e. The summed E-state index contributed by atoms with van der Waals surface area (Å²) in [6.45, 7) is 4.05. The predicted octanol–water partition coefficient (Wildman–Crippen LogP) is 5.22. The summed E-state index contributed by atoms with van der Waals surface area (Å²) in [4.78, 5) is 4.54. The second kappa shape index (κ2) is 5.98. The van der Waals surface area contributed by atoms with E-state index >= 15 is 0 Å². The van der Waals surface area contributed by atoms with Crippen molar-refractivity contribution >= 4 is 22.1 Å². The molecule has 0 spiro atoms. The minimum absolute atomic E-state index is 0.127. The van der Waals surface area contributed by atoms with Crippen LogP contribution in [0.2, 0.25) is 0 Å². The molecule has 140 valence electrons. The molecule has 0 fully saturated rings. The molecule has 0 N–H and O–H groups in total. The van der Waals surface area contributed by atoms with Crippen molar-refractivity contribution in [3.05, 3.63) is 60.0 Å². The van der Waals surface area contributed by atoms with E-state index in [1.54, 1.807) is 6.07 Å². The summed E-state index contributed by atoms with van der Waals surface area (Å²) in [6, 6.07) is 8.87. The molecule has 3 aromatic heterocycles. The predicted molar refractivity (Wildman–Crippen MR) is 98.1 cm³/mol. The topological polar surface area (TPSA) is 69.9 Å². The van der Waals surface area contributed by atoms with Crippen LogP contribution in [0, 0.1) is 11.6 Å². The maximum atomic E-state index is 14.5. The summed E-state index contributed by atoms with van der Waals surface area (Å²) in [7, 11) is 0. The largest absolute Gasteiger partial charge is 0.360 e. The third-order valence-electron chi connectivity index (χ3n) is 4.64. The van der Waals surface area contributed by atoms with Crippen molar-refractivity contribution in [2.45, 2.75) is 19.8 Å². The Labute approximate surface area is 157 Å². The lowest BCUT2D eigenvalue weighted by Crippen LogP contribution is -2.01. The summed E-state index contributed by atoms with van der Waals surface area (Å²) in [5, 5.41) is 8.93. The molecule has 0 saturated heterocycles. The van der Waals surface area contributed by atoms with Crippen LogP contribution in [0.1, 0.15) is 25.5 Å². The normalized spacial score (nSPS) is 11.9. The number of aromatic nitrogens is 4. The van der Waals surface area contributed by atoms with E-state index in [4.69, 9.17) is 9.05 Å². The van der Waals surface area contributed by atoms with Gasteiger partial charge in [-0.3, -0.25) is 4.57 Å². The lowest BCUT2D eigenvalue weighted by atomic mass is 10.0. The second-order valence-electron chi connectivity index (χ2n) is 6.82. The van der Waals surface area contributed by atoms with Gasteiger partial charge in [0.15, 0.2) is 11.8 Å². The van der Waals surface area contributed by atoms with E-state index in [0.717, 1.165) is 22.7 Å². The van der Waals surface area contributed by atoms with Crippen LogP contribution in [-0.4, -0.2) is 19.9 Å². The fourth-order valence-corrected chi connectivity index (χ4v) is 3.32. The van der Waals surface area contributed by atoms with Crippen molar-refractivity contribution in [2.24, 2.45) is 0 Å². The molecule has 6 nitrogen and oxygen atoms in total. The fourth-order valence-electron chi connectivity index (χ4n) is 3.32. The van der Waals surface area contributed by atoms with E-state index in [9.17, 15) is 8.78 Å². The SMILES string of the molecule is CC(C)c1noc2ccc(-c3nc4conc4n3-c3ccc(F)cc3F)cc12. The van der Waals surface area contributed by atoms with E-state index in [0.29, 0.717) is 22.6 Å². The van der Waals surface area contributed by atoms with E-state index < -0.39 is 11.6 Å². The third-order valence-corrected chi connectivity index (χ3v) is 4.64. The summed E-state index contributed by atoms with van der Waals surface area (Å²) >= 11 is 0. The number of nitrogens with zero attached hydrogens (tertiary/aromatic N) is 4. The van der Waals surface area contributed by atoms with Gasteiger partial charge in [-0.05, 0) is 36.2 Å². The molecule has 3 heterocycles. The lowest BCUT2D eigenvalue weighted by Gasteiger charge is -2.10. The van der Waals surface area contributed by atoms with E-state index in [1.807, 2.05) is 26.0 Å². The maximum absolute atomic E-state index is 14.5. The van der Waals surface area contributed by atoms with Crippen LogP contribution in [0.5, 0.6) is 0 Å². The Hall–Kier alpha value is -3.55. The van der Waals surface area contributed by atoms with Gasteiger partial charge in [0.2, 0.25) is 5.65 Å². The molecule has 0 amide bonds. The number of benzene rings is 2. The van der Waals surface area contributed by atoms with Gasteiger partial charge in [-0.25, -0.2) is 13.8 Å². The molecule has 8 heteroatoms. The molecule has 5 aromatic rings. The van der Waals surface area contributed by atoms with Gasteiger partial charge in [0.25, 0.3) is 0 Å². The highest BCUT2D eigenvalue weighted by Crippen LogP contribution is 2.33. The number of halogens is 2. The van der Waals surface area contributed by atoms with Gasteiger partial charge in [0, 0.05) is 17.0 Å². The minimum Gasteiger partial charge on any atom is -0.360 e. The number of imidazole rings is 1. The molecule has 2 aromatic carbocycles. The van der Waals surface area contributed by atoms with Gasteiger partial charge in [0.05, 0.1) is 11.4 Å². The first-order valence-corrected chi connectivity index (χ1v) is 8.71. The maximum Gasteiger partial charge on any atom is 0.208 e. The van der Waals surface area contributed by atoms with Crippen molar-refractivity contribution in [1.82, 2.24) is 19.9 Å². The monoisotopic (exact) mass is 380 g/mol. The van der Waals surface area contributed by atoms with Crippen LogP contribution in [0.15, 0.2) is 51.7 Å². The molecular formula is C20H14F2N4O2. The zero-order valence-corrected chi connectivity index (χ0v) is 15.0. The molecule has 5 rings (SSSR count). The molecule has 28 heavy (non-hydrogen) atoms. The Morgan fingerprint density at radius 3 is 2.68 bits per heavy atom. The molecule has 0 saturated carbocycles. The minimum atomic E-state index is -0.725. The third kappa shape index (κ3) is 2.41. The standard InChI is InChI=1S/C20H14F2N4O2/c1-10(2)18-13-7-11(3-6-17(13)28-24-18)19-23-15-9-27-25-20(15)26(19)16-5-4-12(21)8-14(16)22/h3-10H,1-2H3. The average Bonchev–Trinajstić information content (AvgIpc) is 3.35. The average molecular weight is 380 g/mol. The zero-order valence-electron chi connectivity index (χ0n) is 15.0. The van der Waals surface area contributed by atoms with Crippen molar-refractivity contribution in [3.63, 3.8) is 0 Å². The molecule has 0 atom stereocenters. The first kappa shape index (κ1) is 16.6. The van der Waals surface area contributed by atoms with Crippen LogP contribution in [0.3, 0.4) is 0 Å². The molecule has 0 aliphatic carbocycles. The second-order valence-corrected chi connectivity index (χ2v) is 6.82. The van der Waals surface area contributed by atoms with Gasteiger partial charge in [-0.1, -0.05) is 24.2 Å². The summed E-state index contributed by atoms with van der Waals surface area (Å²) in [5.41, 5.74) is 3.14. The summed E-state index contributed by atoms with van der Waals surface area (Å²) < 4.78 is 39.8. The Morgan fingerprint density at radius 1 is 1.04 bits per heavy atom. The highest BCUT2D eigenvalue weighted by molar-refractivity contribution is 5.87. The molecule has 0 aliphatic heterocycles. The first-order valence-electron chi connectivity index (χ1n) is 8.71. The van der Waals surface area contributed by atoms with Crippen LogP contribution in [0.4, 0.5) is 8.78 Å². The van der Waals surface area contributed by atoms with Gasteiger partial charge in [-0.2, -0.15) is 0 Å². The quantitative estimate of drug-likeness (QED) is 0.429. The van der Waals surface area contributed by atoms with E-state index in [1.165, 1.54) is 23.0 Å². The number of rotatable bonds is 3. The van der Waals surface area contributed by atoms with Crippen LogP contribution in [0.25, 0.3) is 39.2 Å². The highest BCUT2D eigenvalue weighted by Gasteiger charge is 2.21. The summed E-state index contributed by atoms with van der Waals surface area (Å²) in [5.74, 6) is -0.756. The molecule has 0 bridgehead atoms. The molecule has 0 radical (unpaired) electrons. The van der Waals surface area contributed by atoms with Crippen molar-refractivity contribution in [2.75, 3.05) is 0 Å². The van der Waals surface area contributed by atoms with Gasteiger partial charge in [0.1, 0.15) is 23.0 Å². The Kier molecular flexibility index (Phi) is 3.55. The number of hydrogen-bond donors (Lipinski definition) is 0. The van der Waals surface area contributed by atoms with E-state index in [2.05, 4.69) is 15.3 Å². The Balaban J connectivity index is 1.79. The van der Waals surface area contributed by atoms with Crippen molar-refractivity contribution in [3.8, 4) is 17.1 Å². The van der Waals surface area contributed by atoms with Gasteiger partial charge < -0.3 is 9.05 Å². The first-order chi connectivity index (χ1) is 13.5. The van der Waals surface area contributed by atoms with E-state index in [-0.39, 0.29) is 11.6 Å². The van der Waals surface area contributed by atoms with Crippen molar-refractivity contribution < 1.29 is 17.8 Å². The zero-order chi connectivity index (χ0) is 19.4. The Bertz CT molecular complexity index is 1330.